The van der Waals surface area contributed by atoms with Gasteiger partial charge in [0.15, 0.2) is 0 Å². The maximum atomic E-state index is 5.88. The molecule has 2 saturated heterocycles. The van der Waals surface area contributed by atoms with Gasteiger partial charge in [0.2, 0.25) is 0 Å². The van der Waals surface area contributed by atoms with Crippen molar-refractivity contribution in [1.29, 1.82) is 0 Å². The Morgan fingerprint density at radius 2 is 1.88 bits per heavy atom. The number of ether oxygens (including phenoxy) is 2. The van der Waals surface area contributed by atoms with Crippen LogP contribution in [-0.4, -0.2) is 55.6 Å². The van der Waals surface area contributed by atoms with E-state index in [0.717, 1.165) is 45.9 Å². The van der Waals surface area contributed by atoms with Gasteiger partial charge in [-0.05, 0) is 20.8 Å². The molecule has 0 aromatic rings. The normalized spacial score (nSPS) is 35.4. The lowest BCUT2D eigenvalue weighted by Crippen LogP contribution is -2.49. The Hall–Kier alpha value is -0.160. The predicted molar refractivity (Wildman–Crippen MR) is 63.4 cm³/mol. The fraction of sp³-hybridized carbons (Fsp3) is 1.00. The Morgan fingerprint density at radius 1 is 1.19 bits per heavy atom. The van der Waals surface area contributed by atoms with E-state index in [2.05, 4.69) is 31.0 Å². The number of rotatable bonds is 3. The lowest BCUT2D eigenvalue weighted by Gasteiger charge is -2.32. The first-order valence-electron chi connectivity index (χ1n) is 6.23. The standard InChI is InChI=1S/C12H24N2O2/c1-11(2)10-16-12(3,13-11)4-5-14-6-8-15-9-7-14/h13H,4-10H2,1-3H3. The number of hydrogen-bond donors (Lipinski definition) is 1. The highest BCUT2D eigenvalue weighted by Gasteiger charge is 2.39. The lowest BCUT2D eigenvalue weighted by atomic mass is 10.1. The molecule has 0 bridgehead atoms. The summed E-state index contributed by atoms with van der Waals surface area (Å²) in [6, 6.07) is 0. The zero-order valence-electron chi connectivity index (χ0n) is 10.7. The van der Waals surface area contributed by atoms with Gasteiger partial charge in [0, 0.05) is 31.6 Å². The van der Waals surface area contributed by atoms with Crippen LogP contribution in [0.1, 0.15) is 27.2 Å². The van der Waals surface area contributed by atoms with Crippen molar-refractivity contribution in [3.05, 3.63) is 0 Å². The van der Waals surface area contributed by atoms with E-state index in [0.29, 0.717) is 0 Å². The summed E-state index contributed by atoms with van der Waals surface area (Å²) in [4.78, 5) is 2.45. The zero-order valence-corrected chi connectivity index (χ0v) is 10.7. The van der Waals surface area contributed by atoms with Crippen LogP contribution in [-0.2, 0) is 9.47 Å². The summed E-state index contributed by atoms with van der Waals surface area (Å²) < 4.78 is 11.2. The van der Waals surface area contributed by atoms with Crippen LogP contribution in [0.3, 0.4) is 0 Å². The van der Waals surface area contributed by atoms with Crippen LogP contribution in [0.5, 0.6) is 0 Å². The minimum absolute atomic E-state index is 0.111. The van der Waals surface area contributed by atoms with E-state index in [-0.39, 0.29) is 11.3 Å². The minimum atomic E-state index is -0.151. The van der Waals surface area contributed by atoms with Gasteiger partial charge in [-0.25, -0.2) is 0 Å². The highest BCUT2D eigenvalue weighted by atomic mass is 16.5. The molecule has 0 spiro atoms. The highest BCUT2D eigenvalue weighted by Crippen LogP contribution is 2.25. The molecule has 0 saturated carbocycles. The average molecular weight is 228 g/mol. The molecule has 0 aromatic carbocycles. The Kier molecular flexibility index (Phi) is 3.54. The van der Waals surface area contributed by atoms with Crippen LogP contribution < -0.4 is 5.32 Å². The van der Waals surface area contributed by atoms with Crippen molar-refractivity contribution in [2.45, 2.75) is 38.5 Å². The van der Waals surface area contributed by atoms with Crippen LogP contribution in [0.4, 0.5) is 0 Å². The minimum Gasteiger partial charge on any atom is -0.379 e. The third-order valence-corrected chi connectivity index (χ3v) is 3.36. The fourth-order valence-corrected chi connectivity index (χ4v) is 2.46. The molecule has 0 amide bonds. The van der Waals surface area contributed by atoms with E-state index in [1.165, 1.54) is 0 Å². The first kappa shape index (κ1) is 12.3. The van der Waals surface area contributed by atoms with Gasteiger partial charge in [0.05, 0.1) is 19.8 Å². The molecular formula is C12H24N2O2. The van der Waals surface area contributed by atoms with Gasteiger partial charge in [-0.15, -0.1) is 0 Å². The second kappa shape index (κ2) is 4.61. The summed E-state index contributed by atoms with van der Waals surface area (Å²) in [7, 11) is 0. The van der Waals surface area contributed by atoms with Crippen LogP contribution >= 0.6 is 0 Å². The third-order valence-electron chi connectivity index (χ3n) is 3.36. The molecule has 2 heterocycles. The SMILES string of the molecule is CC1(C)COC(C)(CCN2CCOCC2)N1. The molecule has 2 rings (SSSR count). The molecule has 4 heteroatoms. The second-order valence-electron chi connectivity index (χ2n) is 5.73. The monoisotopic (exact) mass is 228 g/mol. The van der Waals surface area contributed by atoms with E-state index < -0.39 is 0 Å². The molecule has 2 fully saturated rings. The largest absolute Gasteiger partial charge is 0.379 e. The Bertz CT molecular complexity index is 239. The predicted octanol–water partition coefficient (Wildman–Crippen LogP) is 0.823. The highest BCUT2D eigenvalue weighted by molar-refractivity contribution is 4.92. The van der Waals surface area contributed by atoms with Gasteiger partial charge in [0.25, 0.3) is 0 Å². The first-order chi connectivity index (χ1) is 7.49. The van der Waals surface area contributed by atoms with Gasteiger partial charge in [-0.3, -0.25) is 10.2 Å². The molecule has 0 radical (unpaired) electrons. The van der Waals surface area contributed by atoms with Gasteiger partial charge in [-0.2, -0.15) is 0 Å². The van der Waals surface area contributed by atoms with E-state index in [1.54, 1.807) is 0 Å². The van der Waals surface area contributed by atoms with Crippen molar-refractivity contribution >= 4 is 0 Å². The molecule has 16 heavy (non-hydrogen) atoms. The molecule has 1 atom stereocenters. The van der Waals surface area contributed by atoms with Crippen LogP contribution in [0.15, 0.2) is 0 Å². The molecule has 0 aromatic heterocycles. The molecule has 1 N–H and O–H groups in total. The van der Waals surface area contributed by atoms with Crippen molar-refractivity contribution < 1.29 is 9.47 Å². The van der Waals surface area contributed by atoms with Gasteiger partial charge >= 0.3 is 0 Å². The van der Waals surface area contributed by atoms with Gasteiger partial charge in [0.1, 0.15) is 5.72 Å². The molecule has 2 aliphatic rings. The van der Waals surface area contributed by atoms with E-state index in [4.69, 9.17) is 9.47 Å². The molecule has 4 nitrogen and oxygen atoms in total. The molecule has 0 aliphatic carbocycles. The molecule has 1 unspecified atom stereocenters. The maximum absolute atomic E-state index is 5.88. The number of hydrogen-bond acceptors (Lipinski definition) is 4. The maximum Gasteiger partial charge on any atom is 0.118 e. The lowest BCUT2D eigenvalue weighted by molar-refractivity contribution is -0.0200. The third kappa shape index (κ3) is 3.17. The Morgan fingerprint density at radius 3 is 2.44 bits per heavy atom. The Balaban J connectivity index is 1.76. The number of nitrogens with zero attached hydrogens (tertiary/aromatic N) is 1. The molecular weight excluding hydrogens is 204 g/mol. The summed E-state index contributed by atoms with van der Waals surface area (Å²) in [6.45, 7) is 12.3. The summed E-state index contributed by atoms with van der Waals surface area (Å²) >= 11 is 0. The number of morpholine rings is 1. The summed E-state index contributed by atoms with van der Waals surface area (Å²) in [6.07, 6.45) is 1.04. The van der Waals surface area contributed by atoms with Gasteiger partial charge < -0.3 is 9.47 Å². The smallest absolute Gasteiger partial charge is 0.118 e. The summed E-state index contributed by atoms with van der Waals surface area (Å²) in [5, 5.41) is 3.57. The van der Waals surface area contributed by atoms with Crippen molar-refractivity contribution in [1.82, 2.24) is 10.2 Å². The number of nitrogens with one attached hydrogen (secondary N) is 1. The van der Waals surface area contributed by atoms with E-state index >= 15 is 0 Å². The molecule has 94 valence electrons. The van der Waals surface area contributed by atoms with E-state index in [9.17, 15) is 0 Å². The fourth-order valence-electron chi connectivity index (χ4n) is 2.46. The summed E-state index contributed by atoms with van der Waals surface area (Å²) in [5.41, 5.74) is -0.0401. The van der Waals surface area contributed by atoms with Crippen molar-refractivity contribution in [3.8, 4) is 0 Å². The molecule has 2 aliphatic heterocycles. The Labute approximate surface area is 98.3 Å². The van der Waals surface area contributed by atoms with Crippen molar-refractivity contribution in [2.24, 2.45) is 0 Å². The summed E-state index contributed by atoms with van der Waals surface area (Å²) in [5.74, 6) is 0. The van der Waals surface area contributed by atoms with Crippen LogP contribution in [0, 0.1) is 0 Å². The van der Waals surface area contributed by atoms with Gasteiger partial charge in [-0.1, -0.05) is 0 Å². The van der Waals surface area contributed by atoms with Crippen LogP contribution in [0.2, 0.25) is 0 Å². The first-order valence-corrected chi connectivity index (χ1v) is 6.23. The van der Waals surface area contributed by atoms with E-state index in [1.807, 2.05) is 0 Å². The zero-order chi connectivity index (χ0) is 11.6. The quantitative estimate of drug-likeness (QED) is 0.775. The topological polar surface area (TPSA) is 33.7 Å². The average Bonchev–Trinajstić information content (AvgIpc) is 2.53. The van der Waals surface area contributed by atoms with Crippen molar-refractivity contribution in [2.75, 3.05) is 39.5 Å². The van der Waals surface area contributed by atoms with Crippen molar-refractivity contribution in [3.63, 3.8) is 0 Å². The van der Waals surface area contributed by atoms with Crippen LogP contribution in [0.25, 0.3) is 0 Å². The second-order valence-corrected chi connectivity index (χ2v) is 5.73.